The lowest BCUT2D eigenvalue weighted by Gasteiger charge is -2.43. The molecule has 0 saturated carbocycles. The number of benzene rings is 2. The van der Waals surface area contributed by atoms with Gasteiger partial charge in [0.2, 0.25) is 5.01 Å². The van der Waals surface area contributed by atoms with Crippen molar-refractivity contribution in [2.75, 3.05) is 11.9 Å². The maximum Gasteiger partial charge on any atom is 0.407 e. The quantitative estimate of drug-likeness (QED) is 0.421. The van der Waals surface area contributed by atoms with Crippen LogP contribution in [0.3, 0.4) is 0 Å². The summed E-state index contributed by atoms with van der Waals surface area (Å²) in [5.41, 5.74) is 3.31. The number of carboxylic acid groups (broad SMARTS) is 1. The van der Waals surface area contributed by atoms with E-state index in [1.54, 1.807) is 18.2 Å². The molecule has 34 heavy (non-hydrogen) atoms. The summed E-state index contributed by atoms with van der Waals surface area (Å²) >= 11 is 13.3. The average molecular weight is 519 g/mol. The fourth-order valence-corrected chi connectivity index (χ4v) is 5.36. The van der Waals surface area contributed by atoms with Crippen molar-refractivity contribution in [3.8, 4) is 0 Å². The molecule has 3 aromatic rings. The first-order chi connectivity index (χ1) is 16.0. The summed E-state index contributed by atoms with van der Waals surface area (Å²) in [5, 5.41) is 22.6. The summed E-state index contributed by atoms with van der Waals surface area (Å²) in [6.45, 7) is 6.51. The second-order valence-electron chi connectivity index (χ2n) is 9.29. The van der Waals surface area contributed by atoms with Gasteiger partial charge in [-0.3, -0.25) is 4.79 Å². The number of hydrogen-bond donors (Lipinski definition) is 2. The second kappa shape index (κ2) is 9.52. The predicted octanol–water partition coefficient (Wildman–Crippen LogP) is 6.31. The molecule has 0 fully saturated rings. The van der Waals surface area contributed by atoms with Crippen LogP contribution in [0, 0.1) is 5.41 Å². The lowest BCUT2D eigenvalue weighted by molar-refractivity contribution is 0.0759. The van der Waals surface area contributed by atoms with Crippen LogP contribution in [0.5, 0.6) is 0 Å². The van der Waals surface area contributed by atoms with Crippen molar-refractivity contribution in [2.24, 2.45) is 5.41 Å². The first-order valence-corrected chi connectivity index (χ1v) is 12.3. The third-order valence-corrected chi connectivity index (χ3v) is 7.36. The van der Waals surface area contributed by atoms with E-state index in [4.69, 9.17) is 23.2 Å². The molecular weight excluding hydrogens is 495 g/mol. The number of anilines is 1. The Morgan fingerprint density at radius 3 is 2.59 bits per heavy atom. The van der Waals surface area contributed by atoms with E-state index in [0.29, 0.717) is 40.1 Å². The predicted molar refractivity (Wildman–Crippen MR) is 134 cm³/mol. The van der Waals surface area contributed by atoms with Crippen molar-refractivity contribution in [1.29, 1.82) is 0 Å². The van der Waals surface area contributed by atoms with E-state index in [-0.39, 0.29) is 22.4 Å². The summed E-state index contributed by atoms with van der Waals surface area (Å²) in [6.07, 6.45) is 0.162. The Morgan fingerprint density at radius 1 is 1.15 bits per heavy atom. The Labute approximate surface area is 211 Å². The highest BCUT2D eigenvalue weighted by Crippen LogP contribution is 2.43. The van der Waals surface area contributed by atoms with Crippen LogP contribution in [-0.2, 0) is 12.8 Å². The van der Waals surface area contributed by atoms with Crippen molar-refractivity contribution in [1.82, 2.24) is 15.1 Å². The Balaban J connectivity index is 1.49. The van der Waals surface area contributed by atoms with E-state index < -0.39 is 6.09 Å². The van der Waals surface area contributed by atoms with Crippen LogP contribution in [-0.4, -0.2) is 38.7 Å². The summed E-state index contributed by atoms with van der Waals surface area (Å²) in [7, 11) is 0. The van der Waals surface area contributed by atoms with Crippen LogP contribution in [0.25, 0.3) is 0 Å². The minimum absolute atomic E-state index is 0.259. The lowest BCUT2D eigenvalue weighted by atomic mass is 9.77. The zero-order valence-corrected chi connectivity index (χ0v) is 21.3. The smallest absolute Gasteiger partial charge is 0.407 e. The number of hydrogen-bond acceptors (Lipinski definition) is 5. The van der Waals surface area contributed by atoms with Gasteiger partial charge in [-0.05, 0) is 52.8 Å². The van der Waals surface area contributed by atoms with Crippen molar-refractivity contribution >= 4 is 52.2 Å². The Morgan fingerprint density at radius 2 is 1.91 bits per heavy atom. The maximum absolute atomic E-state index is 12.8. The largest absolute Gasteiger partial charge is 0.465 e. The monoisotopic (exact) mass is 518 g/mol. The van der Waals surface area contributed by atoms with Gasteiger partial charge in [0.05, 0.1) is 16.1 Å². The van der Waals surface area contributed by atoms with E-state index >= 15 is 0 Å². The first kappa shape index (κ1) is 24.4. The molecule has 0 saturated heterocycles. The summed E-state index contributed by atoms with van der Waals surface area (Å²) in [5.74, 6) is -0.340. The molecular formula is C24H24Cl2N4O3S. The summed E-state index contributed by atoms with van der Waals surface area (Å²) < 4.78 is 0. The zero-order valence-electron chi connectivity index (χ0n) is 18.9. The van der Waals surface area contributed by atoms with Crippen LogP contribution in [0.15, 0.2) is 36.4 Å². The number of rotatable bonds is 4. The average Bonchev–Trinajstić information content (AvgIpc) is 3.23. The molecule has 1 aliphatic heterocycles. The summed E-state index contributed by atoms with van der Waals surface area (Å²) in [4.78, 5) is 26.1. The van der Waals surface area contributed by atoms with E-state index in [1.807, 2.05) is 39.0 Å². The number of halogens is 2. The minimum atomic E-state index is -0.920. The third kappa shape index (κ3) is 5.19. The number of nitrogens with one attached hydrogen (secondary N) is 1. The van der Waals surface area contributed by atoms with Gasteiger partial charge in [-0.25, -0.2) is 4.79 Å². The molecule has 0 bridgehead atoms. The number of fused-ring (bicyclic) bond motifs is 1. The number of carbonyl (C=O) groups is 2. The normalized spacial score (nSPS) is 15.7. The Kier molecular flexibility index (Phi) is 6.85. The van der Waals surface area contributed by atoms with Crippen molar-refractivity contribution in [2.45, 2.75) is 39.7 Å². The lowest BCUT2D eigenvalue weighted by Crippen LogP contribution is -2.44. The topological polar surface area (TPSA) is 95.4 Å². The number of carbonyl (C=O) groups excluding carboxylic acids is 1. The molecule has 2 aromatic carbocycles. The van der Waals surface area contributed by atoms with Gasteiger partial charge in [-0.1, -0.05) is 67.4 Å². The van der Waals surface area contributed by atoms with Gasteiger partial charge < -0.3 is 15.3 Å². The molecule has 4 rings (SSSR count). The van der Waals surface area contributed by atoms with Crippen molar-refractivity contribution < 1.29 is 14.7 Å². The van der Waals surface area contributed by atoms with Crippen molar-refractivity contribution in [3.63, 3.8) is 0 Å². The van der Waals surface area contributed by atoms with Gasteiger partial charge in [0.1, 0.15) is 5.01 Å². The molecule has 1 unspecified atom stereocenters. The van der Waals surface area contributed by atoms with E-state index in [2.05, 4.69) is 15.5 Å². The molecule has 0 radical (unpaired) electrons. The summed E-state index contributed by atoms with van der Waals surface area (Å²) in [6, 6.07) is 10.7. The van der Waals surface area contributed by atoms with Crippen LogP contribution >= 0.6 is 34.5 Å². The Bertz CT molecular complexity index is 1260. The fraction of sp³-hybridized carbons (Fsp3) is 0.333. The fourth-order valence-electron chi connectivity index (χ4n) is 4.27. The van der Waals surface area contributed by atoms with E-state index in [0.717, 1.165) is 16.7 Å². The SMILES string of the molecule is CC(C)(C)C1c2ccc(NC(=O)c3nnc(Cc4ccc(Cl)c(Cl)c4)s3)cc2CCN1C(=O)O. The number of amides is 2. The molecule has 2 amide bonds. The molecule has 0 aliphatic carbocycles. The van der Waals surface area contributed by atoms with Gasteiger partial charge in [0.25, 0.3) is 5.91 Å². The molecule has 2 N–H and O–H groups in total. The number of aromatic nitrogens is 2. The van der Waals surface area contributed by atoms with Crippen LogP contribution in [0.1, 0.15) is 58.3 Å². The van der Waals surface area contributed by atoms with Gasteiger partial charge in [0, 0.05) is 18.7 Å². The van der Waals surface area contributed by atoms with E-state index in [9.17, 15) is 14.7 Å². The van der Waals surface area contributed by atoms with Gasteiger partial charge in [-0.15, -0.1) is 10.2 Å². The van der Waals surface area contributed by atoms with Crippen LogP contribution < -0.4 is 5.32 Å². The van der Waals surface area contributed by atoms with Gasteiger partial charge in [0.15, 0.2) is 0 Å². The maximum atomic E-state index is 12.8. The molecule has 1 aliphatic rings. The number of nitrogens with zero attached hydrogens (tertiary/aromatic N) is 3. The molecule has 0 spiro atoms. The molecule has 1 aromatic heterocycles. The van der Waals surface area contributed by atoms with Gasteiger partial charge in [-0.2, -0.15) is 0 Å². The van der Waals surface area contributed by atoms with E-state index in [1.165, 1.54) is 16.2 Å². The minimum Gasteiger partial charge on any atom is -0.465 e. The first-order valence-electron chi connectivity index (χ1n) is 10.7. The third-order valence-electron chi connectivity index (χ3n) is 5.70. The van der Waals surface area contributed by atoms with Crippen molar-refractivity contribution in [3.05, 3.63) is 73.1 Å². The molecule has 10 heteroatoms. The van der Waals surface area contributed by atoms with Gasteiger partial charge >= 0.3 is 6.09 Å². The second-order valence-corrected chi connectivity index (χ2v) is 11.2. The highest BCUT2D eigenvalue weighted by Gasteiger charge is 2.38. The molecule has 2 heterocycles. The highest BCUT2D eigenvalue weighted by atomic mass is 35.5. The van der Waals surface area contributed by atoms with Crippen LogP contribution in [0.4, 0.5) is 10.5 Å². The Hall–Kier alpha value is -2.68. The molecule has 7 nitrogen and oxygen atoms in total. The zero-order chi connectivity index (χ0) is 24.6. The molecule has 178 valence electrons. The van der Waals surface area contributed by atoms with Crippen LogP contribution in [0.2, 0.25) is 10.0 Å². The molecule has 1 atom stereocenters. The highest BCUT2D eigenvalue weighted by molar-refractivity contribution is 7.13. The standard InChI is InChI=1S/C24H24Cl2N4O3S/c1-24(2,3)20-16-6-5-15(12-14(16)8-9-30(20)23(32)33)27-21(31)22-29-28-19(34-22)11-13-4-7-17(25)18(26)10-13/h4-7,10,12,20H,8-9,11H2,1-3H3,(H,27,31)(H,32,33).